The van der Waals surface area contributed by atoms with Crippen molar-refractivity contribution in [1.82, 2.24) is 4.90 Å². The van der Waals surface area contributed by atoms with Crippen molar-refractivity contribution in [2.75, 3.05) is 11.4 Å². The number of fused-ring (bicyclic) bond motifs is 1. The van der Waals surface area contributed by atoms with E-state index in [1.165, 1.54) is 16.7 Å². The van der Waals surface area contributed by atoms with Crippen molar-refractivity contribution >= 4 is 29.4 Å². The Morgan fingerprint density at radius 3 is 2.63 bits per heavy atom. The second-order valence-corrected chi connectivity index (χ2v) is 5.51. The molecule has 5 heteroatoms. The van der Waals surface area contributed by atoms with Crippen molar-refractivity contribution in [2.24, 2.45) is 0 Å². The Labute approximate surface area is 116 Å². The van der Waals surface area contributed by atoms with Crippen LogP contribution in [-0.2, 0) is 4.79 Å². The van der Waals surface area contributed by atoms with E-state index in [2.05, 4.69) is 0 Å². The molecule has 2 heterocycles. The van der Waals surface area contributed by atoms with Crippen LogP contribution in [0.2, 0.25) is 0 Å². The molecular formula is C14H14N2O2S. The number of likely N-dealkylation sites (N-methyl/N-ethyl adjacent to an activating group) is 1. The Morgan fingerprint density at radius 2 is 1.95 bits per heavy atom. The van der Waals surface area contributed by atoms with Crippen LogP contribution in [0, 0.1) is 0 Å². The van der Waals surface area contributed by atoms with Crippen LogP contribution >= 0.6 is 11.8 Å². The summed E-state index contributed by atoms with van der Waals surface area (Å²) in [7, 11) is 0. The van der Waals surface area contributed by atoms with Gasteiger partial charge in [-0.25, -0.2) is 9.69 Å². The first-order valence-corrected chi connectivity index (χ1v) is 7.20. The van der Waals surface area contributed by atoms with Crippen molar-refractivity contribution in [2.45, 2.75) is 18.2 Å². The van der Waals surface area contributed by atoms with Crippen molar-refractivity contribution in [3.63, 3.8) is 0 Å². The lowest BCUT2D eigenvalue weighted by molar-refractivity contribution is -0.119. The van der Waals surface area contributed by atoms with E-state index < -0.39 is 0 Å². The highest BCUT2D eigenvalue weighted by Crippen LogP contribution is 2.35. The van der Waals surface area contributed by atoms with Gasteiger partial charge in [-0.2, -0.15) is 0 Å². The molecular weight excluding hydrogens is 260 g/mol. The number of hydrogen-bond acceptors (Lipinski definition) is 3. The Morgan fingerprint density at radius 1 is 1.21 bits per heavy atom. The zero-order chi connectivity index (χ0) is 13.4. The molecule has 2 aliphatic heterocycles. The van der Waals surface area contributed by atoms with Crippen LogP contribution in [0.15, 0.2) is 41.8 Å². The lowest BCUT2D eigenvalue weighted by atomic mass is 10.1. The van der Waals surface area contributed by atoms with Crippen LogP contribution < -0.4 is 4.90 Å². The Hall–Kier alpha value is -1.75. The van der Waals surface area contributed by atoms with Gasteiger partial charge in [0.25, 0.3) is 5.91 Å². The molecule has 1 aromatic carbocycles. The molecule has 2 unspecified atom stereocenters. The van der Waals surface area contributed by atoms with Gasteiger partial charge in [-0.3, -0.25) is 4.79 Å². The number of thioether (sulfide) groups is 1. The number of para-hydroxylation sites is 1. The third-order valence-corrected chi connectivity index (χ3v) is 4.51. The second kappa shape index (κ2) is 4.74. The van der Waals surface area contributed by atoms with Crippen molar-refractivity contribution in [3.05, 3.63) is 41.8 Å². The average Bonchev–Trinajstić information content (AvgIpc) is 2.90. The highest BCUT2D eigenvalue weighted by atomic mass is 32.2. The normalized spacial score (nSPS) is 25.9. The fraction of sp³-hybridized carbons (Fsp3) is 0.286. The van der Waals surface area contributed by atoms with E-state index >= 15 is 0 Å². The Balaban J connectivity index is 2.01. The molecule has 19 heavy (non-hydrogen) atoms. The lowest BCUT2D eigenvalue weighted by Crippen LogP contribution is -2.62. The van der Waals surface area contributed by atoms with Gasteiger partial charge in [0, 0.05) is 6.54 Å². The molecule has 1 fully saturated rings. The minimum absolute atomic E-state index is 0.102. The minimum Gasteiger partial charge on any atom is -0.316 e. The van der Waals surface area contributed by atoms with Gasteiger partial charge in [0.2, 0.25) is 0 Å². The summed E-state index contributed by atoms with van der Waals surface area (Å²) in [4.78, 5) is 28.0. The molecule has 2 atom stereocenters. The van der Waals surface area contributed by atoms with Gasteiger partial charge in [0.15, 0.2) is 0 Å². The molecule has 4 nitrogen and oxygen atoms in total. The monoisotopic (exact) mass is 274 g/mol. The number of carbonyl (C=O) groups excluding carboxylic acids is 2. The lowest BCUT2D eigenvalue weighted by Gasteiger charge is -2.40. The van der Waals surface area contributed by atoms with Gasteiger partial charge in [0.05, 0.1) is 11.7 Å². The number of anilines is 1. The van der Waals surface area contributed by atoms with E-state index in [0.717, 1.165) is 0 Å². The molecule has 1 aromatic rings. The maximum absolute atomic E-state index is 12.5. The van der Waals surface area contributed by atoms with Gasteiger partial charge < -0.3 is 4.90 Å². The number of rotatable bonds is 2. The third kappa shape index (κ3) is 1.85. The Bertz CT molecular complexity index is 544. The van der Waals surface area contributed by atoms with Crippen LogP contribution in [-0.4, -0.2) is 34.7 Å². The van der Waals surface area contributed by atoms with E-state index in [1.54, 1.807) is 17.0 Å². The SMILES string of the molecule is CCN1C(=O)N(c2ccccc2)C(=O)C2SC=CC21. The summed E-state index contributed by atoms with van der Waals surface area (Å²) in [6, 6.07) is 8.78. The topological polar surface area (TPSA) is 40.6 Å². The minimum atomic E-state index is -0.230. The zero-order valence-electron chi connectivity index (χ0n) is 10.5. The van der Waals surface area contributed by atoms with Crippen LogP contribution in [0.25, 0.3) is 0 Å². The summed E-state index contributed by atoms with van der Waals surface area (Å²) in [5.41, 5.74) is 0.641. The molecule has 0 N–H and O–H groups in total. The molecule has 1 saturated heterocycles. The molecule has 0 spiro atoms. The van der Waals surface area contributed by atoms with E-state index in [1.807, 2.05) is 36.6 Å². The largest absolute Gasteiger partial charge is 0.331 e. The summed E-state index contributed by atoms with van der Waals surface area (Å²) >= 11 is 1.49. The Kier molecular flexibility index (Phi) is 3.06. The predicted octanol–water partition coefficient (Wildman–Crippen LogP) is 2.47. The first kappa shape index (κ1) is 12.3. The maximum Gasteiger partial charge on any atom is 0.331 e. The molecule has 0 radical (unpaired) electrons. The number of amides is 3. The van der Waals surface area contributed by atoms with Crippen LogP contribution in [0.5, 0.6) is 0 Å². The van der Waals surface area contributed by atoms with Gasteiger partial charge in [0.1, 0.15) is 5.25 Å². The molecule has 0 saturated carbocycles. The van der Waals surface area contributed by atoms with Crippen molar-refractivity contribution in [1.29, 1.82) is 0 Å². The van der Waals surface area contributed by atoms with E-state index in [9.17, 15) is 9.59 Å². The van der Waals surface area contributed by atoms with Crippen LogP contribution in [0.1, 0.15) is 6.92 Å². The molecule has 0 bridgehead atoms. The molecule has 2 aliphatic rings. The summed E-state index contributed by atoms with van der Waals surface area (Å²) in [6.07, 6.45) is 1.94. The fourth-order valence-electron chi connectivity index (χ4n) is 2.50. The first-order chi connectivity index (χ1) is 9.24. The summed E-state index contributed by atoms with van der Waals surface area (Å²) in [6.45, 7) is 2.53. The maximum atomic E-state index is 12.5. The summed E-state index contributed by atoms with van der Waals surface area (Å²) in [5, 5.41) is 1.70. The molecule has 0 aliphatic carbocycles. The van der Waals surface area contributed by atoms with E-state index in [0.29, 0.717) is 12.2 Å². The number of hydrogen-bond donors (Lipinski definition) is 0. The predicted molar refractivity (Wildman–Crippen MR) is 76.0 cm³/mol. The van der Waals surface area contributed by atoms with Crippen molar-refractivity contribution in [3.8, 4) is 0 Å². The van der Waals surface area contributed by atoms with E-state index in [-0.39, 0.29) is 23.2 Å². The summed E-state index contributed by atoms with van der Waals surface area (Å²) < 4.78 is 0. The molecule has 0 aromatic heterocycles. The quantitative estimate of drug-likeness (QED) is 0.832. The molecule has 3 rings (SSSR count). The second-order valence-electron chi connectivity index (χ2n) is 4.45. The molecule has 98 valence electrons. The average molecular weight is 274 g/mol. The molecule has 3 amide bonds. The van der Waals surface area contributed by atoms with Crippen LogP contribution in [0.3, 0.4) is 0 Å². The number of carbonyl (C=O) groups is 2. The van der Waals surface area contributed by atoms with Gasteiger partial charge >= 0.3 is 6.03 Å². The fourth-order valence-corrected chi connectivity index (χ4v) is 3.54. The third-order valence-electron chi connectivity index (χ3n) is 3.43. The first-order valence-electron chi connectivity index (χ1n) is 6.25. The standard InChI is InChI=1S/C14H14N2O2S/c1-2-15-11-8-9-19-12(11)13(17)16(14(15)18)10-6-4-3-5-7-10/h3-9,11-12H,2H2,1H3. The zero-order valence-corrected chi connectivity index (χ0v) is 11.3. The summed E-state index contributed by atoms with van der Waals surface area (Å²) in [5.74, 6) is -0.124. The van der Waals surface area contributed by atoms with Crippen molar-refractivity contribution < 1.29 is 9.59 Å². The smallest absolute Gasteiger partial charge is 0.316 e. The number of benzene rings is 1. The van der Waals surface area contributed by atoms with E-state index in [4.69, 9.17) is 0 Å². The highest BCUT2D eigenvalue weighted by Gasteiger charge is 2.47. The van der Waals surface area contributed by atoms with Gasteiger partial charge in [-0.1, -0.05) is 24.3 Å². The number of imide groups is 1. The highest BCUT2D eigenvalue weighted by molar-refractivity contribution is 8.03. The van der Waals surface area contributed by atoms with Crippen LogP contribution in [0.4, 0.5) is 10.5 Å². The number of nitrogens with zero attached hydrogens (tertiary/aromatic N) is 2. The van der Waals surface area contributed by atoms with Gasteiger partial charge in [-0.15, -0.1) is 11.8 Å². The number of urea groups is 1. The van der Waals surface area contributed by atoms with Gasteiger partial charge in [-0.05, 0) is 24.5 Å².